The van der Waals surface area contributed by atoms with Crippen molar-refractivity contribution in [1.29, 1.82) is 0 Å². The molecule has 3 fully saturated rings. The van der Waals surface area contributed by atoms with Gasteiger partial charge in [0.05, 0.1) is 11.8 Å². The number of nitrogens with zero attached hydrogens (tertiary/aromatic N) is 3. The van der Waals surface area contributed by atoms with Crippen LogP contribution in [-0.4, -0.2) is 45.1 Å². The molecule has 4 rings (SSSR count). The number of carbonyl (C=O) groups excluding carboxylic acids is 1. The Morgan fingerprint density at radius 1 is 1.18 bits per heavy atom. The molecule has 3 atom stereocenters. The van der Waals surface area contributed by atoms with E-state index in [0.717, 1.165) is 31.6 Å². The highest BCUT2D eigenvalue weighted by Crippen LogP contribution is 2.42. The molecule has 1 amide bonds. The molecule has 1 aliphatic heterocycles. The molecular weight excluding hydrogens is 286 g/mol. The molecule has 1 N–H and O–H groups in total. The molecule has 22 heavy (non-hydrogen) atoms. The maximum absolute atomic E-state index is 12.4. The fraction of sp³-hybridized carbons (Fsp3) is 0.733. The van der Waals surface area contributed by atoms with Crippen LogP contribution < -0.4 is 0 Å². The first-order chi connectivity index (χ1) is 10.6. The van der Waals surface area contributed by atoms with Crippen molar-refractivity contribution in [3.8, 4) is 0 Å². The summed E-state index contributed by atoms with van der Waals surface area (Å²) in [5, 5.41) is 13.0. The Kier molecular flexibility index (Phi) is 3.16. The van der Waals surface area contributed by atoms with Gasteiger partial charge in [0.2, 0.25) is 11.8 Å². The maximum Gasteiger partial charge on any atom is 0.307 e. The number of carbonyl (C=O) groups is 2. The molecule has 1 aromatic rings. The highest BCUT2D eigenvalue weighted by molar-refractivity contribution is 5.89. The molecule has 0 bridgehead atoms. The largest absolute Gasteiger partial charge is 0.481 e. The molecular formula is C15H19N3O4. The Hall–Kier alpha value is -1.92. The number of amides is 1. The van der Waals surface area contributed by atoms with E-state index in [4.69, 9.17) is 9.63 Å². The summed E-state index contributed by atoms with van der Waals surface area (Å²) >= 11 is 0. The minimum Gasteiger partial charge on any atom is -0.481 e. The first-order valence-corrected chi connectivity index (χ1v) is 7.98. The van der Waals surface area contributed by atoms with Crippen molar-refractivity contribution in [2.45, 2.75) is 43.9 Å². The maximum atomic E-state index is 12.4. The molecule has 3 aliphatic rings. The number of aromatic nitrogens is 2. The van der Waals surface area contributed by atoms with Crippen molar-refractivity contribution in [2.75, 3.05) is 13.1 Å². The minimum atomic E-state index is -0.862. The van der Waals surface area contributed by atoms with E-state index in [1.165, 1.54) is 0 Å². The minimum absolute atomic E-state index is 0.0250. The molecule has 2 heterocycles. The van der Waals surface area contributed by atoms with E-state index in [-0.39, 0.29) is 17.7 Å². The van der Waals surface area contributed by atoms with Gasteiger partial charge in [-0.3, -0.25) is 9.59 Å². The quantitative estimate of drug-likeness (QED) is 0.902. The van der Waals surface area contributed by atoms with Crippen LogP contribution >= 0.6 is 0 Å². The van der Waals surface area contributed by atoms with Gasteiger partial charge in [0.15, 0.2) is 5.82 Å². The van der Waals surface area contributed by atoms with Crippen LogP contribution in [0.4, 0.5) is 0 Å². The number of likely N-dealkylation sites (tertiary alicyclic amines) is 1. The second kappa shape index (κ2) is 5.07. The molecule has 1 saturated heterocycles. The highest BCUT2D eigenvalue weighted by Gasteiger charge is 2.50. The van der Waals surface area contributed by atoms with Crippen LogP contribution in [0.15, 0.2) is 4.52 Å². The van der Waals surface area contributed by atoms with Gasteiger partial charge in [0.25, 0.3) is 0 Å². The Labute approximate surface area is 127 Å². The predicted molar refractivity (Wildman–Crippen MR) is 74.1 cm³/mol. The molecule has 118 valence electrons. The number of aliphatic carboxylic acids is 1. The number of rotatable bonds is 4. The van der Waals surface area contributed by atoms with Crippen molar-refractivity contribution >= 4 is 11.9 Å². The van der Waals surface area contributed by atoms with Gasteiger partial charge in [0.1, 0.15) is 0 Å². The third kappa shape index (κ3) is 2.48. The average Bonchev–Trinajstić information content (AvgIpc) is 3.44. The summed E-state index contributed by atoms with van der Waals surface area (Å²) < 4.78 is 5.30. The molecule has 0 radical (unpaired) electrons. The van der Waals surface area contributed by atoms with E-state index in [0.29, 0.717) is 31.3 Å². The number of carboxylic acid groups (broad SMARTS) is 1. The summed E-state index contributed by atoms with van der Waals surface area (Å²) in [6.45, 7) is 1.27. The molecule has 7 nitrogen and oxygen atoms in total. The van der Waals surface area contributed by atoms with Crippen molar-refractivity contribution in [3.05, 3.63) is 11.7 Å². The van der Waals surface area contributed by atoms with Crippen molar-refractivity contribution in [1.82, 2.24) is 15.0 Å². The average molecular weight is 305 g/mol. The number of carboxylic acids is 1. The topological polar surface area (TPSA) is 96.5 Å². The van der Waals surface area contributed by atoms with E-state index < -0.39 is 11.9 Å². The van der Waals surface area contributed by atoms with E-state index in [1.54, 1.807) is 4.90 Å². The first-order valence-electron chi connectivity index (χ1n) is 7.98. The number of hydrogen-bond donors (Lipinski definition) is 1. The van der Waals surface area contributed by atoms with E-state index in [2.05, 4.69) is 10.1 Å². The van der Waals surface area contributed by atoms with Crippen LogP contribution in [0.5, 0.6) is 0 Å². The van der Waals surface area contributed by atoms with Gasteiger partial charge in [-0.2, -0.15) is 4.98 Å². The summed E-state index contributed by atoms with van der Waals surface area (Å²) in [5.41, 5.74) is 0. The van der Waals surface area contributed by atoms with Crippen molar-refractivity contribution in [3.63, 3.8) is 0 Å². The van der Waals surface area contributed by atoms with Crippen LogP contribution in [0.25, 0.3) is 0 Å². The van der Waals surface area contributed by atoms with Crippen molar-refractivity contribution < 1.29 is 19.2 Å². The molecule has 3 unspecified atom stereocenters. The lowest BCUT2D eigenvalue weighted by Crippen LogP contribution is -2.40. The van der Waals surface area contributed by atoms with Gasteiger partial charge in [-0.25, -0.2) is 0 Å². The lowest BCUT2D eigenvalue weighted by molar-refractivity contribution is -0.142. The van der Waals surface area contributed by atoms with Crippen LogP contribution in [0, 0.1) is 11.8 Å². The fourth-order valence-electron chi connectivity index (χ4n) is 3.27. The highest BCUT2D eigenvalue weighted by atomic mass is 16.5. The fourth-order valence-corrected chi connectivity index (χ4v) is 3.27. The third-order valence-corrected chi connectivity index (χ3v) is 4.91. The Balaban J connectivity index is 1.41. The monoisotopic (exact) mass is 305 g/mol. The lowest BCUT2D eigenvalue weighted by atomic mass is 9.97. The summed E-state index contributed by atoms with van der Waals surface area (Å²) in [6, 6.07) is 0. The van der Waals surface area contributed by atoms with Gasteiger partial charge >= 0.3 is 5.97 Å². The van der Waals surface area contributed by atoms with Crippen molar-refractivity contribution in [2.24, 2.45) is 11.8 Å². The molecule has 7 heteroatoms. The zero-order valence-electron chi connectivity index (χ0n) is 12.3. The molecule has 1 aromatic heterocycles. The summed E-state index contributed by atoms with van der Waals surface area (Å²) in [4.78, 5) is 29.6. The normalized spacial score (nSPS) is 31.1. The number of hydrogen-bond acceptors (Lipinski definition) is 5. The molecule has 2 saturated carbocycles. The third-order valence-electron chi connectivity index (χ3n) is 4.91. The van der Waals surface area contributed by atoms with Crippen LogP contribution in [0.3, 0.4) is 0 Å². The van der Waals surface area contributed by atoms with Crippen LogP contribution in [0.2, 0.25) is 0 Å². The predicted octanol–water partition coefficient (Wildman–Crippen LogP) is 1.37. The zero-order chi connectivity index (χ0) is 15.3. The van der Waals surface area contributed by atoms with Gasteiger partial charge in [-0.05, 0) is 32.1 Å². The smallest absolute Gasteiger partial charge is 0.307 e. The Bertz CT molecular complexity index is 610. The van der Waals surface area contributed by atoms with Gasteiger partial charge < -0.3 is 14.5 Å². The number of piperidine rings is 1. The standard InChI is InChI=1S/C15H19N3O4/c19-14(10-6-11(10)15(20)21)18-5-1-2-9(7-18)12-16-13(22-17-12)8-3-4-8/h8-11H,1-7H2,(H,20,21). The van der Waals surface area contributed by atoms with E-state index >= 15 is 0 Å². The van der Waals surface area contributed by atoms with E-state index in [1.807, 2.05) is 0 Å². The van der Waals surface area contributed by atoms with Crippen LogP contribution in [0.1, 0.15) is 55.7 Å². The summed E-state index contributed by atoms with van der Waals surface area (Å²) in [7, 11) is 0. The van der Waals surface area contributed by atoms with E-state index in [9.17, 15) is 9.59 Å². The zero-order valence-corrected chi connectivity index (χ0v) is 12.3. The second-order valence-electron chi connectivity index (χ2n) is 6.68. The van der Waals surface area contributed by atoms with Gasteiger partial charge in [0, 0.05) is 24.9 Å². The molecule has 0 spiro atoms. The van der Waals surface area contributed by atoms with Gasteiger partial charge in [-0.15, -0.1) is 0 Å². The first kappa shape index (κ1) is 13.7. The van der Waals surface area contributed by atoms with Gasteiger partial charge in [-0.1, -0.05) is 5.16 Å². The SMILES string of the molecule is O=C(O)C1CC1C(=O)N1CCCC(c2noc(C3CC3)n2)C1. The Morgan fingerprint density at radius 2 is 2.00 bits per heavy atom. The molecule has 2 aliphatic carbocycles. The summed E-state index contributed by atoms with van der Waals surface area (Å²) in [6.07, 6.45) is 4.56. The summed E-state index contributed by atoms with van der Waals surface area (Å²) in [5.74, 6) is 0.267. The van der Waals surface area contributed by atoms with Crippen LogP contribution in [-0.2, 0) is 9.59 Å². The Morgan fingerprint density at radius 3 is 2.68 bits per heavy atom. The second-order valence-corrected chi connectivity index (χ2v) is 6.68. The lowest BCUT2D eigenvalue weighted by Gasteiger charge is -2.31. The molecule has 0 aromatic carbocycles.